The van der Waals surface area contributed by atoms with Crippen LogP contribution in [0.4, 0.5) is 10.5 Å². The summed E-state index contributed by atoms with van der Waals surface area (Å²) in [7, 11) is 1.74. The summed E-state index contributed by atoms with van der Waals surface area (Å²) < 4.78 is 0. The van der Waals surface area contributed by atoms with Gasteiger partial charge in [0.15, 0.2) is 5.96 Å². The van der Waals surface area contributed by atoms with Gasteiger partial charge in [-0.2, -0.15) is 0 Å². The lowest BCUT2D eigenvalue weighted by atomic mass is 9.74. The maximum absolute atomic E-state index is 13.4. The zero-order valence-electron chi connectivity index (χ0n) is 22.0. The van der Waals surface area contributed by atoms with E-state index in [2.05, 4.69) is 10.6 Å². The van der Waals surface area contributed by atoms with Crippen molar-refractivity contribution in [1.82, 2.24) is 10.2 Å². The molecule has 2 aromatic carbocycles. The highest BCUT2D eigenvalue weighted by molar-refractivity contribution is 6.06. The summed E-state index contributed by atoms with van der Waals surface area (Å²) in [5.41, 5.74) is 6.23. The second kappa shape index (κ2) is 11.1. The van der Waals surface area contributed by atoms with Gasteiger partial charge in [0.1, 0.15) is 5.54 Å². The number of benzene rings is 2. The third-order valence-electron chi connectivity index (χ3n) is 8.85. The molecule has 198 valence electrons. The molecule has 4 N–H and O–H groups in total. The van der Waals surface area contributed by atoms with Gasteiger partial charge in [-0.05, 0) is 55.4 Å². The monoisotopic (exact) mass is 503 g/mol. The predicted octanol–water partition coefficient (Wildman–Crippen LogP) is 5.80. The third kappa shape index (κ3) is 5.76. The van der Waals surface area contributed by atoms with E-state index in [9.17, 15) is 9.59 Å². The number of hydrogen-bond acceptors (Lipinski definition) is 4. The molecule has 0 aromatic heterocycles. The number of nitrogens with two attached hydrogens (primary N) is 1. The summed E-state index contributed by atoms with van der Waals surface area (Å²) in [5.74, 6) is 1.41. The molecule has 0 spiro atoms. The number of hydrogen-bond donors (Lipinski definition) is 3. The summed E-state index contributed by atoms with van der Waals surface area (Å²) in [5, 5.41) is 8.39. The number of nitrogens with zero attached hydrogens (tertiary/aromatic N) is 2. The van der Waals surface area contributed by atoms with E-state index in [-0.39, 0.29) is 18.0 Å². The fourth-order valence-electron chi connectivity index (χ4n) is 6.84. The first-order valence-corrected chi connectivity index (χ1v) is 14.1. The van der Waals surface area contributed by atoms with Gasteiger partial charge in [-0.25, -0.2) is 9.79 Å². The van der Waals surface area contributed by atoms with Crippen molar-refractivity contribution in [3.8, 4) is 0 Å². The van der Waals surface area contributed by atoms with Crippen LogP contribution in [0.3, 0.4) is 0 Å². The van der Waals surface area contributed by atoms with Gasteiger partial charge in [0.25, 0.3) is 5.91 Å². The Kier molecular flexibility index (Phi) is 7.68. The van der Waals surface area contributed by atoms with Crippen molar-refractivity contribution in [2.75, 3.05) is 12.4 Å². The SMILES string of the molecule is CN1C(=O)[C@@](CCC2CCCCC2)(C[C@H]2CCC[C@@H](NC(=O)Nc3cccc4ccccc34)C2)N=C1N. The lowest BCUT2D eigenvalue weighted by Gasteiger charge is -2.35. The van der Waals surface area contributed by atoms with E-state index in [1.165, 1.54) is 37.0 Å². The quantitative estimate of drug-likeness (QED) is 0.445. The van der Waals surface area contributed by atoms with Crippen molar-refractivity contribution in [3.05, 3.63) is 42.5 Å². The van der Waals surface area contributed by atoms with Gasteiger partial charge in [0.05, 0.1) is 5.69 Å². The fourth-order valence-corrected chi connectivity index (χ4v) is 6.84. The minimum atomic E-state index is -0.742. The molecule has 0 unspecified atom stereocenters. The molecule has 1 heterocycles. The number of carbonyl (C=O) groups is 2. The molecule has 3 atom stereocenters. The molecular weight excluding hydrogens is 462 g/mol. The highest BCUT2D eigenvalue weighted by Crippen LogP contribution is 2.40. The first-order valence-electron chi connectivity index (χ1n) is 14.1. The van der Waals surface area contributed by atoms with Crippen LogP contribution >= 0.6 is 0 Å². The Hall–Kier alpha value is -3.09. The molecule has 2 aromatic rings. The Balaban J connectivity index is 1.22. The van der Waals surface area contributed by atoms with Gasteiger partial charge in [0, 0.05) is 18.5 Å². The van der Waals surface area contributed by atoms with Crippen molar-refractivity contribution in [3.63, 3.8) is 0 Å². The number of carbonyl (C=O) groups excluding carboxylic acids is 2. The van der Waals surface area contributed by atoms with Crippen molar-refractivity contribution in [1.29, 1.82) is 0 Å². The maximum Gasteiger partial charge on any atom is 0.319 e. The number of guanidine groups is 1. The lowest BCUT2D eigenvalue weighted by molar-refractivity contribution is -0.131. The van der Waals surface area contributed by atoms with Crippen LogP contribution < -0.4 is 16.4 Å². The van der Waals surface area contributed by atoms with E-state index in [1.54, 1.807) is 7.05 Å². The van der Waals surface area contributed by atoms with Crippen LogP contribution in [0.1, 0.15) is 77.0 Å². The first kappa shape index (κ1) is 25.6. The van der Waals surface area contributed by atoms with E-state index in [0.717, 1.165) is 55.0 Å². The van der Waals surface area contributed by atoms with Crippen molar-refractivity contribution < 1.29 is 9.59 Å². The third-order valence-corrected chi connectivity index (χ3v) is 8.85. The molecule has 2 fully saturated rings. The summed E-state index contributed by atoms with van der Waals surface area (Å²) in [6.07, 6.45) is 12.9. The zero-order valence-corrected chi connectivity index (χ0v) is 22.0. The Morgan fingerprint density at radius 1 is 1.03 bits per heavy atom. The molecule has 0 bridgehead atoms. The van der Waals surface area contributed by atoms with Crippen LogP contribution in [0.15, 0.2) is 47.5 Å². The molecule has 37 heavy (non-hydrogen) atoms. The first-order chi connectivity index (χ1) is 17.9. The zero-order chi connectivity index (χ0) is 25.8. The average Bonchev–Trinajstić information content (AvgIpc) is 3.12. The van der Waals surface area contributed by atoms with Gasteiger partial charge >= 0.3 is 6.03 Å². The minimum Gasteiger partial charge on any atom is -0.369 e. The lowest BCUT2D eigenvalue weighted by Crippen LogP contribution is -2.45. The summed E-state index contributed by atoms with van der Waals surface area (Å²) in [6.45, 7) is 0. The Morgan fingerprint density at radius 2 is 1.78 bits per heavy atom. The van der Waals surface area contributed by atoms with E-state index in [1.807, 2.05) is 42.5 Å². The van der Waals surface area contributed by atoms with E-state index in [4.69, 9.17) is 10.7 Å². The highest BCUT2D eigenvalue weighted by atomic mass is 16.2. The number of fused-ring (bicyclic) bond motifs is 1. The normalized spacial score (nSPS) is 26.8. The summed E-state index contributed by atoms with van der Waals surface area (Å²) in [4.78, 5) is 32.7. The Bertz CT molecular complexity index is 1150. The number of amides is 3. The highest BCUT2D eigenvalue weighted by Gasteiger charge is 2.48. The number of anilines is 1. The van der Waals surface area contributed by atoms with E-state index >= 15 is 0 Å². The number of nitrogens with one attached hydrogen (secondary N) is 2. The fraction of sp³-hybridized carbons (Fsp3) is 0.567. The number of rotatable bonds is 7. The molecule has 7 heteroatoms. The average molecular weight is 504 g/mol. The van der Waals surface area contributed by atoms with Crippen molar-refractivity contribution in [2.24, 2.45) is 22.6 Å². The Morgan fingerprint density at radius 3 is 2.57 bits per heavy atom. The summed E-state index contributed by atoms with van der Waals surface area (Å²) >= 11 is 0. The van der Waals surface area contributed by atoms with Crippen LogP contribution in [0, 0.1) is 11.8 Å². The molecule has 5 rings (SSSR count). The minimum absolute atomic E-state index is 0.0459. The molecule has 2 aliphatic carbocycles. The van der Waals surface area contributed by atoms with Crippen LogP contribution in [0.2, 0.25) is 0 Å². The standard InChI is InChI=1S/C30H41N5O2/c1-35-27(36)30(34-28(35)31,18-17-21-9-3-2-4-10-21)20-22-11-7-14-24(19-22)32-29(37)33-26-16-8-13-23-12-5-6-15-25(23)26/h5-6,8,12-13,15-16,21-22,24H,2-4,7,9-11,14,17-20H2,1H3,(H2,31,34)(H2,32,33,37)/t22-,24+,30+/m0/s1. The topological polar surface area (TPSA) is 99.8 Å². The van der Waals surface area contributed by atoms with Crippen molar-refractivity contribution >= 4 is 34.4 Å². The van der Waals surface area contributed by atoms with E-state index < -0.39 is 5.54 Å². The second-order valence-electron chi connectivity index (χ2n) is 11.5. The number of urea groups is 1. The summed E-state index contributed by atoms with van der Waals surface area (Å²) in [6, 6.07) is 13.9. The van der Waals surface area contributed by atoms with Gasteiger partial charge in [-0.3, -0.25) is 9.69 Å². The van der Waals surface area contributed by atoms with Crippen LogP contribution in [0.5, 0.6) is 0 Å². The predicted molar refractivity (Wildman–Crippen MR) is 149 cm³/mol. The molecule has 3 aliphatic rings. The molecule has 0 radical (unpaired) electrons. The van der Waals surface area contributed by atoms with Gasteiger partial charge in [-0.15, -0.1) is 0 Å². The van der Waals surface area contributed by atoms with Gasteiger partial charge < -0.3 is 16.4 Å². The molecule has 2 saturated carbocycles. The van der Waals surface area contributed by atoms with Gasteiger partial charge in [0.2, 0.25) is 0 Å². The number of aliphatic imine (C=N–C) groups is 1. The molecule has 1 aliphatic heterocycles. The molecule has 7 nitrogen and oxygen atoms in total. The van der Waals surface area contributed by atoms with Gasteiger partial charge in [-0.1, -0.05) is 81.3 Å². The molecular formula is C30H41N5O2. The number of likely N-dealkylation sites (N-methyl/N-ethyl adjacent to an activating group) is 1. The van der Waals surface area contributed by atoms with Crippen LogP contribution in [-0.2, 0) is 4.79 Å². The molecule has 3 amide bonds. The van der Waals surface area contributed by atoms with Crippen LogP contribution in [0.25, 0.3) is 10.8 Å². The largest absolute Gasteiger partial charge is 0.369 e. The van der Waals surface area contributed by atoms with Crippen LogP contribution in [-0.4, -0.2) is 41.4 Å². The van der Waals surface area contributed by atoms with E-state index in [0.29, 0.717) is 24.2 Å². The van der Waals surface area contributed by atoms with Crippen molar-refractivity contribution in [2.45, 2.75) is 88.6 Å². The Labute approximate surface area is 220 Å². The maximum atomic E-state index is 13.4. The second-order valence-corrected chi connectivity index (χ2v) is 11.5. The molecule has 0 saturated heterocycles. The smallest absolute Gasteiger partial charge is 0.319 e.